The van der Waals surface area contributed by atoms with E-state index in [2.05, 4.69) is 16.0 Å². The number of hydrogen-bond donors (Lipinski definition) is 0. The molecule has 0 N–H and O–H groups in total. The quantitative estimate of drug-likeness (QED) is 0.743. The van der Waals surface area contributed by atoms with Gasteiger partial charge in [-0.05, 0) is 19.1 Å². The summed E-state index contributed by atoms with van der Waals surface area (Å²) < 4.78 is 28.7. The standard InChI is InChI=1S/C16H12F2N4/c1-10(8-19)9-22-15-7-13(18)12(17)6-14(15)21-16(22)11-2-4-20-5-3-11/h2-7,10H,9H2,1H3. The van der Waals surface area contributed by atoms with Gasteiger partial charge in [0.2, 0.25) is 0 Å². The van der Waals surface area contributed by atoms with Gasteiger partial charge in [0.1, 0.15) is 5.82 Å². The van der Waals surface area contributed by atoms with Crippen LogP contribution in [0.3, 0.4) is 0 Å². The minimum atomic E-state index is -0.938. The van der Waals surface area contributed by atoms with E-state index in [0.717, 1.165) is 17.7 Å². The van der Waals surface area contributed by atoms with Crippen LogP contribution in [-0.4, -0.2) is 14.5 Å². The van der Waals surface area contributed by atoms with Gasteiger partial charge in [-0.1, -0.05) is 0 Å². The van der Waals surface area contributed by atoms with E-state index in [1.165, 1.54) is 0 Å². The van der Waals surface area contributed by atoms with Crippen LogP contribution in [0.15, 0.2) is 36.7 Å². The molecule has 6 heteroatoms. The Labute approximate surface area is 125 Å². The summed E-state index contributed by atoms with van der Waals surface area (Å²) in [6.45, 7) is 2.11. The second-order valence-electron chi connectivity index (χ2n) is 5.07. The van der Waals surface area contributed by atoms with Crippen LogP contribution in [-0.2, 0) is 6.54 Å². The maximum atomic E-state index is 13.6. The minimum absolute atomic E-state index is 0.286. The molecule has 1 atom stereocenters. The summed E-state index contributed by atoms with van der Waals surface area (Å²) in [6, 6.07) is 7.86. The van der Waals surface area contributed by atoms with Gasteiger partial charge in [0.25, 0.3) is 0 Å². The fraction of sp³-hybridized carbons (Fsp3) is 0.188. The number of pyridine rings is 1. The van der Waals surface area contributed by atoms with Crippen molar-refractivity contribution in [2.45, 2.75) is 13.5 Å². The Kier molecular flexibility index (Phi) is 3.55. The van der Waals surface area contributed by atoms with Gasteiger partial charge in [-0.25, -0.2) is 13.8 Å². The van der Waals surface area contributed by atoms with Crippen LogP contribution in [0.2, 0.25) is 0 Å². The van der Waals surface area contributed by atoms with Crippen LogP contribution >= 0.6 is 0 Å². The molecule has 1 unspecified atom stereocenters. The van der Waals surface area contributed by atoms with E-state index < -0.39 is 11.6 Å². The molecule has 2 aromatic heterocycles. The van der Waals surface area contributed by atoms with Gasteiger partial charge in [-0.15, -0.1) is 0 Å². The van der Waals surface area contributed by atoms with Gasteiger partial charge < -0.3 is 4.57 Å². The highest BCUT2D eigenvalue weighted by molar-refractivity contribution is 5.80. The monoisotopic (exact) mass is 298 g/mol. The zero-order valence-corrected chi connectivity index (χ0v) is 11.8. The molecule has 0 radical (unpaired) electrons. The molecule has 0 fully saturated rings. The average Bonchev–Trinajstić information content (AvgIpc) is 2.86. The number of halogens is 2. The van der Waals surface area contributed by atoms with Gasteiger partial charge in [0, 0.05) is 36.6 Å². The first kappa shape index (κ1) is 14.1. The molecular weight excluding hydrogens is 286 g/mol. The number of nitriles is 1. The van der Waals surface area contributed by atoms with Crippen molar-refractivity contribution in [2.75, 3.05) is 0 Å². The third kappa shape index (κ3) is 2.42. The summed E-state index contributed by atoms with van der Waals surface area (Å²) >= 11 is 0. The summed E-state index contributed by atoms with van der Waals surface area (Å²) in [5.74, 6) is -1.60. The number of imidazole rings is 1. The molecule has 3 aromatic rings. The van der Waals surface area contributed by atoms with Crippen molar-refractivity contribution in [3.05, 3.63) is 48.3 Å². The highest BCUT2D eigenvalue weighted by atomic mass is 19.2. The van der Waals surface area contributed by atoms with Crippen molar-refractivity contribution in [3.8, 4) is 17.5 Å². The average molecular weight is 298 g/mol. The highest BCUT2D eigenvalue weighted by Crippen LogP contribution is 2.27. The summed E-state index contributed by atoms with van der Waals surface area (Å²) in [5, 5.41) is 9.04. The largest absolute Gasteiger partial charge is 0.323 e. The molecule has 0 spiro atoms. The van der Waals surface area contributed by atoms with Crippen LogP contribution in [0.25, 0.3) is 22.4 Å². The second-order valence-corrected chi connectivity index (χ2v) is 5.07. The predicted octanol–water partition coefficient (Wildman–Crippen LogP) is 3.54. The maximum Gasteiger partial charge on any atom is 0.161 e. The number of fused-ring (bicyclic) bond motifs is 1. The first-order valence-electron chi connectivity index (χ1n) is 6.75. The van der Waals surface area contributed by atoms with Gasteiger partial charge in [0.15, 0.2) is 11.6 Å². The lowest BCUT2D eigenvalue weighted by Crippen LogP contribution is -2.07. The van der Waals surface area contributed by atoms with E-state index >= 15 is 0 Å². The molecule has 0 aliphatic carbocycles. The van der Waals surface area contributed by atoms with Crippen molar-refractivity contribution in [3.63, 3.8) is 0 Å². The lowest BCUT2D eigenvalue weighted by Gasteiger charge is -2.10. The van der Waals surface area contributed by atoms with Crippen molar-refractivity contribution >= 4 is 11.0 Å². The van der Waals surface area contributed by atoms with E-state index in [-0.39, 0.29) is 5.92 Å². The molecule has 22 heavy (non-hydrogen) atoms. The third-order valence-electron chi connectivity index (χ3n) is 3.41. The van der Waals surface area contributed by atoms with Gasteiger partial charge in [-0.2, -0.15) is 5.26 Å². The Bertz CT molecular complexity index is 865. The number of rotatable bonds is 3. The molecule has 0 bridgehead atoms. The Hall–Kier alpha value is -2.81. The van der Waals surface area contributed by atoms with Crippen LogP contribution in [0.1, 0.15) is 6.92 Å². The molecule has 1 aromatic carbocycles. The molecule has 0 saturated carbocycles. The van der Waals surface area contributed by atoms with E-state index in [0.29, 0.717) is 23.4 Å². The number of hydrogen-bond acceptors (Lipinski definition) is 3. The number of nitrogens with zero attached hydrogens (tertiary/aromatic N) is 4. The lowest BCUT2D eigenvalue weighted by molar-refractivity contribution is 0.509. The SMILES string of the molecule is CC(C#N)Cn1c(-c2ccncc2)nc2cc(F)c(F)cc21. The zero-order chi connectivity index (χ0) is 15.7. The molecule has 0 aliphatic rings. The Balaban J connectivity index is 2.26. The van der Waals surface area contributed by atoms with Crippen molar-refractivity contribution in [1.29, 1.82) is 5.26 Å². The van der Waals surface area contributed by atoms with Crippen LogP contribution in [0.5, 0.6) is 0 Å². The molecule has 0 saturated heterocycles. The van der Waals surface area contributed by atoms with E-state index in [9.17, 15) is 8.78 Å². The van der Waals surface area contributed by atoms with Gasteiger partial charge in [-0.3, -0.25) is 4.98 Å². The maximum absolute atomic E-state index is 13.6. The summed E-state index contributed by atoms with van der Waals surface area (Å²) in [4.78, 5) is 8.34. The molecule has 4 nitrogen and oxygen atoms in total. The lowest BCUT2D eigenvalue weighted by atomic mass is 10.2. The van der Waals surface area contributed by atoms with Gasteiger partial charge >= 0.3 is 0 Å². The highest BCUT2D eigenvalue weighted by Gasteiger charge is 2.17. The van der Waals surface area contributed by atoms with Crippen LogP contribution in [0.4, 0.5) is 8.78 Å². The van der Waals surface area contributed by atoms with Crippen LogP contribution < -0.4 is 0 Å². The molecule has 0 aliphatic heterocycles. The predicted molar refractivity (Wildman–Crippen MR) is 77.7 cm³/mol. The fourth-order valence-electron chi connectivity index (χ4n) is 2.34. The molecule has 3 rings (SSSR count). The molecule has 2 heterocycles. The minimum Gasteiger partial charge on any atom is -0.323 e. The summed E-state index contributed by atoms with van der Waals surface area (Å²) in [6.07, 6.45) is 3.24. The normalized spacial score (nSPS) is 12.3. The van der Waals surface area contributed by atoms with Crippen LogP contribution in [0, 0.1) is 28.9 Å². The first-order chi connectivity index (χ1) is 10.6. The van der Waals surface area contributed by atoms with E-state index in [4.69, 9.17) is 5.26 Å². The van der Waals surface area contributed by atoms with E-state index in [1.807, 2.05) is 0 Å². The third-order valence-corrected chi connectivity index (χ3v) is 3.41. The Morgan fingerprint density at radius 1 is 1.23 bits per heavy atom. The van der Waals surface area contributed by atoms with Crippen molar-refractivity contribution in [2.24, 2.45) is 5.92 Å². The molecular formula is C16H12F2N4. The molecule has 0 amide bonds. The number of benzene rings is 1. The van der Waals surface area contributed by atoms with E-state index in [1.54, 1.807) is 36.0 Å². The Morgan fingerprint density at radius 2 is 1.91 bits per heavy atom. The summed E-state index contributed by atoms with van der Waals surface area (Å²) in [5.41, 5.74) is 1.60. The van der Waals surface area contributed by atoms with Gasteiger partial charge in [0.05, 0.1) is 23.0 Å². The smallest absolute Gasteiger partial charge is 0.161 e. The zero-order valence-electron chi connectivity index (χ0n) is 11.8. The summed E-state index contributed by atoms with van der Waals surface area (Å²) in [7, 11) is 0. The first-order valence-corrected chi connectivity index (χ1v) is 6.75. The van der Waals surface area contributed by atoms with Crippen molar-refractivity contribution < 1.29 is 8.78 Å². The number of aromatic nitrogens is 3. The fourth-order valence-corrected chi connectivity index (χ4v) is 2.34. The second kappa shape index (κ2) is 5.53. The topological polar surface area (TPSA) is 54.5 Å². The van der Waals surface area contributed by atoms with Crippen molar-refractivity contribution in [1.82, 2.24) is 14.5 Å². The Morgan fingerprint density at radius 3 is 2.59 bits per heavy atom. The molecule has 110 valence electrons.